The van der Waals surface area contributed by atoms with Crippen LogP contribution < -0.4 is 5.32 Å². The van der Waals surface area contributed by atoms with E-state index in [1.807, 2.05) is 0 Å². The second-order valence-electron chi connectivity index (χ2n) is 4.49. The van der Waals surface area contributed by atoms with E-state index in [-0.39, 0.29) is 18.9 Å². The van der Waals surface area contributed by atoms with Crippen molar-refractivity contribution in [2.45, 2.75) is 20.3 Å². The third-order valence-electron chi connectivity index (χ3n) is 2.80. The highest BCUT2D eigenvalue weighted by Gasteiger charge is 2.18. The SMILES string of the molecule is CCOC(=O)c1cn(C)cc1NC(=O)Cc1nonc1C. The van der Waals surface area contributed by atoms with Crippen LogP contribution in [0.5, 0.6) is 0 Å². The Labute approximate surface area is 121 Å². The first kappa shape index (κ1) is 14.8. The van der Waals surface area contributed by atoms with Crippen molar-refractivity contribution < 1.29 is 19.0 Å². The first-order valence-electron chi connectivity index (χ1n) is 6.42. The summed E-state index contributed by atoms with van der Waals surface area (Å²) in [5, 5.41) is 9.92. The van der Waals surface area contributed by atoms with E-state index in [1.165, 1.54) is 0 Å². The smallest absolute Gasteiger partial charge is 0.341 e. The third kappa shape index (κ3) is 3.47. The number of rotatable bonds is 5. The fourth-order valence-corrected chi connectivity index (χ4v) is 1.81. The molecule has 0 atom stereocenters. The summed E-state index contributed by atoms with van der Waals surface area (Å²) >= 11 is 0. The van der Waals surface area contributed by atoms with E-state index in [4.69, 9.17) is 4.74 Å². The maximum atomic E-state index is 12.0. The summed E-state index contributed by atoms with van der Waals surface area (Å²) in [5.74, 6) is -0.793. The molecule has 2 rings (SSSR count). The Morgan fingerprint density at radius 1 is 1.38 bits per heavy atom. The Morgan fingerprint density at radius 2 is 2.14 bits per heavy atom. The molecule has 21 heavy (non-hydrogen) atoms. The van der Waals surface area contributed by atoms with Crippen molar-refractivity contribution in [2.75, 3.05) is 11.9 Å². The number of carbonyl (C=O) groups is 2. The highest BCUT2D eigenvalue weighted by molar-refractivity contribution is 6.01. The van der Waals surface area contributed by atoms with Crippen molar-refractivity contribution in [3.8, 4) is 0 Å². The van der Waals surface area contributed by atoms with Crippen LogP contribution in [-0.2, 0) is 23.0 Å². The Morgan fingerprint density at radius 3 is 2.76 bits per heavy atom. The Kier molecular flexibility index (Phi) is 4.36. The number of hydrogen-bond acceptors (Lipinski definition) is 6. The van der Waals surface area contributed by atoms with E-state index in [0.29, 0.717) is 22.6 Å². The maximum absolute atomic E-state index is 12.0. The van der Waals surface area contributed by atoms with Crippen molar-refractivity contribution in [3.05, 3.63) is 29.3 Å². The highest BCUT2D eigenvalue weighted by Crippen LogP contribution is 2.18. The molecule has 0 aromatic carbocycles. The van der Waals surface area contributed by atoms with Crippen molar-refractivity contribution in [2.24, 2.45) is 7.05 Å². The fourth-order valence-electron chi connectivity index (χ4n) is 1.81. The molecule has 0 aliphatic heterocycles. The van der Waals surface area contributed by atoms with Crippen LogP contribution in [0.4, 0.5) is 5.69 Å². The standard InChI is InChI=1S/C13H16N4O4/c1-4-20-13(19)9-6-17(3)7-11(9)14-12(18)5-10-8(2)15-21-16-10/h6-7H,4-5H2,1-3H3,(H,14,18). The fraction of sp³-hybridized carbons (Fsp3) is 0.385. The van der Waals surface area contributed by atoms with Gasteiger partial charge in [-0.05, 0) is 13.8 Å². The van der Waals surface area contributed by atoms with Gasteiger partial charge >= 0.3 is 5.97 Å². The minimum absolute atomic E-state index is 0.0203. The minimum atomic E-state index is -0.479. The van der Waals surface area contributed by atoms with Crippen LogP contribution in [0.1, 0.15) is 28.7 Å². The van der Waals surface area contributed by atoms with Crippen LogP contribution in [-0.4, -0.2) is 33.4 Å². The summed E-state index contributed by atoms with van der Waals surface area (Å²) in [5.41, 5.74) is 1.72. The van der Waals surface area contributed by atoms with E-state index >= 15 is 0 Å². The zero-order valence-corrected chi connectivity index (χ0v) is 12.0. The number of hydrogen-bond donors (Lipinski definition) is 1. The molecular weight excluding hydrogens is 276 g/mol. The van der Waals surface area contributed by atoms with E-state index < -0.39 is 5.97 Å². The minimum Gasteiger partial charge on any atom is -0.462 e. The van der Waals surface area contributed by atoms with E-state index in [9.17, 15) is 9.59 Å². The second kappa shape index (κ2) is 6.21. The molecule has 2 aromatic heterocycles. The Bertz CT molecular complexity index is 659. The molecule has 112 valence electrons. The molecule has 0 aliphatic rings. The lowest BCUT2D eigenvalue weighted by molar-refractivity contribution is -0.115. The van der Waals surface area contributed by atoms with Crippen LogP contribution in [0.15, 0.2) is 17.0 Å². The molecule has 8 heteroatoms. The largest absolute Gasteiger partial charge is 0.462 e. The number of carbonyl (C=O) groups excluding carboxylic acids is 2. The van der Waals surface area contributed by atoms with Gasteiger partial charge in [-0.15, -0.1) is 0 Å². The average molecular weight is 292 g/mol. The van der Waals surface area contributed by atoms with Gasteiger partial charge in [-0.3, -0.25) is 4.79 Å². The lowest BCUT2D eigenvalue weighted by Gasteiger charge is -2.05. The third-order valence-corrected chi connectivity index (χ3v) is 2.80. The van der Waals surface area contributed by atoms with Gasteiger partial charge in [0, 0.05) is 19.4 Å². The van der Waals surface area contributed by atoms with Crippen LogP contribution in [0.3, 0.4) is 0 Å². The van der Waals surface area contributed by atoms with Gasteiger partial charge in [0.2, 0.25) is 5.91 Å². The zero-order chi connectivity index (χ0) is 15.4. The van der Waals surface area contributed by atoms with E-state index in [0.717, 1.165) is 0 Å². The number of anilines is 1. The number of amides is 1. The average Bonchev–Trinajstić information content (AvgIpc) is 2.97. The zero-order valence-electron chi connectivity index (χ0n) is 12.0. The molecule has 0 fully saturated rings. The van der Waals surface area contributed by atoms with Crippen molar-refractivity contribution >= 4 is 17.6 Å². The molecule has 0 radical (unpaired) electrons. The first-order valence-corrected chi connectivity index (χ1v) is 6.42. The lowest BCUT2D eigenvalue weighted by atomic mass is 10.2. The number of ether oxygens (including phenoxy) is 1. The van der Waals surface area contributed by atoms with Crippen LogP contribution in [0.2, 0.25) is 0 Å². The maximum Gasteiger partial charge on any atom is 0.341 e. The Hall–Kier alpha value is -2.64. The van der Waals surface area contributed by atoms with Gasteiger partial charge in [0.1, 0.15) is 17.0 Å². The number of nitrogens with zero attached hydrogens (tertiary/aromatic N) is 3. The van der Waals surface area contributed by atoms with Gasteiger partial charge in [0.05, 0.1) is 18.7 Å². The predicted molar refractivity (Wildman–Crippen MR) is 72.7 cm³/mol. The quantitative estimate of drug-likeness (QED) is 0.828. The van der Waals surface area contributed by atoms with Crippen molar-refractivity contribution in [1.82, 2.24) is 14.9 Å². The van der Waals surface area contributed by atoms with Gasteiger partial charge < -0.3 is 14.6 Å². The number of nitrogens with one attached hydrogen (secondary N) is 1. The summed E-state index contributed by atoms with van der Waals surface area (Å²) in [6.07, 6.45) is 3.25. The molecule has 2 heterocycles. The van der Waals surface area contributed by atoms with Gasteiger partial charge in [0.25, 0.3) is 0 Å². The molecule has 1 amide bonds. The second-order valence-corrected chi connectivity index (χ2v) is 4.49. The topological polar surface area (TPSA) is 99.2 Å². The molecule has 1 N–H and O–H groups in total. The summed E-state index contributed by atoms with van der Waals surface area (Å²) < 4.78 is 11.2. The lowest BCUT2D eigenvalue weighted by Crippen LogP contribution is -2.17. The van der Waals surface area contributed by atoms with E-state index in [1.54, 1.807) is 37.9 Å². The van der Waals surface area contributed by atoms with Gasteiger partial charge in [-0.2, -0.15) is 0 Å². The van der Waals surface area contributed by atoms with Gasteiger partial charge in [-0.1, -0.05) is 10.3 Å². The number of esters is 1. The van der Waals surface area contributed by atoms with E-state index in [2.05, 4.69) is 20.3 Å². The van der Waals surface area contributed by atoms with Gasteiger partial charge in [-0.25, -0.2) is 9.42 Å². The molecule has 0 spiro atoms. The molecule has 0 aliphatic carbocycles. The number of aryl methyl sites for hydroxylation is 2. The monoisotopic (exact) mass is 292 g/mol. The number of aromatic nitrogens is 3. The summed E-state index contributed by atoms with van der Waals surface area (Å²) in [4.78, 5) is 23.8. The molecule has 0 saturated heterocycles. The van der Waals surface area contributed by atoms with Crippen LogP contribution in [0, 0.1) is 6.92 Å². The molecular formula is C13H16N4O4. The molecule has 0 unspecified atom stereocenters. The predicted octanol–water partition coefficient (Wildman–Crippen LogP) is 1.07. The van der Waals surface area contributed by atoms with Crippen LogP contribution >= 0.6 is 0 Å². The molecule has 0 saturated carbocycles. The van der Waals surface area contributed by atoms with Gasteiger partial charge in [0.15, 0.2) is 0 Å². The molecule has 2 aromatic rings. The van der Waals surface area contributed by atoms with Crippen molar-refractivity contribution in [3.63, 3.8) is 0 Å². The summed E-state index contributed by atoms with van der Waals surface area (Å²) in [6, 6.07) is 0. The van der Waals surface area contributed by atoms with Crippen molar-refractivity contribution in [1.29, 1.82) is 0 Å². The highest BCUT2D eigenvalue weighted by atomic mass is 16.6. The molecule has 8 nitrogen and oxygen atoms in total. The normalized spacial score (nSPS) is 10.4. The Balaban J connectivity index is 2.10. The van der Waals surface area contributed by atoms with Crippen LogP contribution in [0.25, 0.3) is 0 Å². The first-order chi connectivity index (χ1) is 10.0. The summed E-state index contributed by atoms with van der Waals surface area (Å²) in [6.45, 7) is 3.69. The molecule has 0 bridgehead atoms. The summed E-state index contributed by atoms with van der Waals surface area (Å²) in [7, 11) is 1.75.